The minimum atomic E-state index is 0.0318. The molecule has 0 saturated carbocycles. The highest BCUT2D eigenvalue weighted by molar-refractivity contribution is 5.94. The first-order valence-corrected chi connectivity index (χ1v) is 10.1. The lowest BCUT2D eigenvalue weighted by molar-refractivity contribution is 0.0793. The molecule has 1 fully saturated rings. The smallest absolute Gasteiger partial charge is 0.253 e. The zero-order chi connectivity index (χ0) is 19.9. The SMILES string of the molecule is CCCCN(C)C(=O)c1ccnc(Nc2ccc(N3CCN(C)CC3)cc2)c1. The van der Waals surface area contributed by atoms with E-state index in [0.717, 1.165) is 51.3 Å². The van der Waals surface area contributed by atoms with E-state index in [1.165, 1.54) is 5.69 Å². The van der Waals surface area contributed by atoms with Crippen LogP contribution in [-0.4, -0.2) is 67.5 Å². The average molecular weight is 382 g/mol. The van der Waals surface area contributed by atoms with Crippen molar-refractivity contribution in [2.75, 3.05) is 57.0 Å². The van der Waals surface area contributed by atoms with Gasteiger partial charge in [-0.1, -0.05) is 13.3 Å². The molecular weight excluding hydrogens is 350 g/mol. The fourth-order valence-electron chi connectivity index (χ4n) is 3.32. The second kappa shape index (κ2) is 9.55. The van der Waals surface area contributed by atoms with Crippen LogP contribution in [0, 0.1) is 0 Å². The van der Waals surface area contributed by atoms with Crippen molar-refractivity contribution in [1.82, 2.24) is 14.8 Å². The van der Waals surface area contributed by atoms with Gasteiger partial charge in [0.1, 0.15) is 5.82 Å². The van der Waals surface area contributed by atoms with E-state index in [-0.39, 0.29) is 5.91 Å². The number of pyridine rings is 1. The van der Waals surface area contributed by atoms with E-state index in [0.29, 0.717) is 11.4 Å². The Morgan fingerprint density at radius 2 is 1.86 bits per heavy atom. The third kappa shape index (κ3) is 5.23. The highest BCUT2D eigenvalue weighted by Crippen LogP contribution is 2.22. The lowest BCUT2D eigenvalue weighted by Crippen LogP contribution is -2.44. The highest BCUT2D eigenvalue weighted by Gasteiger charge is 2.14. The number of hydrogen-bond donors (Lipinski definition) is 1. The second-order valence-electron chi connectivity index (χ2n) is 7.47. The molecule has 1 aliphatic heterocycles. The maximum atomic E-state index is 12.6. The van der Waals surface area contributed by atoms with Crippen molar-refractivity contribution in [2.24, 2.45) is 0 Å². The van der Waals surface area contributed by atoms with E-state index >= 15 is 0 Å². The molecule has 0 spiro atoms. The number of nitrogens with zero attached hydrogens (tertiary/aromatic N) is 4. The summed E-state index contributed by atoms with van der Waals surface area (Å²) in [6, 6.07) is 12.0. The van der Waals surface area contributed by atoms with Gasteiger partial charge in [0, 0.05) is 62.9 Å². The van der Waals surface area contributed by atoms with Crippen LogP contribution in [0.1, 0.15) is 30.1 Å². The maximum Gasteiger partial charge on any atom is 0.253 e. The zero-order valence-corrected chi connectivity index (χ0v) is 17.2. The minimum absolute atomic E-state index is 0.0318. The van der Waals surface area contributed by atoms with Gasteiger partial charge in [0.05, 0.1) is 0 Å². The summed E-state index contributed by atoms with van der Waals surface area (Å²) in [7, 11) is 4.01. The first kappa shape index (κ1) is 20.1. The normalized spacial score (nSPS) is 14.8. The topological polar surface area (TPSA) is 51.7 Å². The Morgan fingerprint density at radius 3 is 2.54 bits per heavy atom. The summed E-state index contributed by atoms with van der Waals surface area (Å²) in [6.45, 7) is 7.20. The van der Waals surface area contributed by atoms with Crippen LogP contribution in [0.25, 0.3) is 0 Å². The third-order valence-electron chi connectivity index (χ3n) is 5.21. The largest absolute Gasteiger partial charge is 0.369 e. The van der Waals surface area contributed by atoms with Gasteiger partial charge in [0.25, 0.3) is 5.91 Å². The average Bonchev–Trinajstić information content (AvgIpc) is 2.73. The Kier molecular flexibility index (Phi) is 6.87. The molecule has 6 heteroatoms. The van der Waals surface area contributed by atoms with E-state index in [9.17, 15) is 4.79 Å². The maximum absolute atomic E-state index is 12.6. The summed E-state index contributed by atoms with van der Waals surface area (Å²) < 4.78 is 0. The van der Waals surface area contributed by atoms with Gasteiger partial charge in [-0.15, -0.1) is 0 Å². The van der Waals surface area contributed by atoms with Gasteiger partial charge in [-0.3, -0.25) is 4.79 Å². The Morgan fingerprint density at radius 1 is 1.14 bits per heavy atom. The number of rotatable bonds is 7. The molecule has 28 heavy (non-hydrogen) atoms. The van der Waals surface area contributed by atoms with Gasteiger partial charge in [0.2, 0.25) is 0 Å². The zero-order valence-electron chi connectivity index (χ0n) is 17.2. The summed E-state index contributed by atoms with van der Waals surface area (Å²) in [4.78, 5) is 23.5. The van der Waals surface area contributed by atoms with Gasteiger partial charge < -0.3 is 20.0 Å². The van der Waals surface area contributed by atoms with Crippen LogP contribution in [0.5, 0.6) is 0 Å². The number of carbonyl (C=O) groups is 1. The number of unbranched alkanes of at least 4 members (excludes halogenated alkanes) is 1. The number of amides is 1. The number of likely N-dealkylation sites (N-methyl/N-ethyl adjacent to an activating group) is 1. The Balaban J connectivity index is 1.63. The van der Waals surface area contributed by atoms with E-state index in [2.05, 4.69) is 58.3 Å². The number of piperazine rings is 1. The predicted octanol–water partition coefficient (Wildman–Crippen LogP) is 3.45. The van der Waals surface area contributed by atoms with Crippen LogP contribution in [0.15, 0.2) is 42.6 Å². The molecule has 1 aromatic carbocycles. The van der Waals surface area contributed by atoms with Crippen LogP contribution < -0.4 is 10.2 Å². The van der Waals surface area contributed by atoms with E-state index in [1.54, 1.807) is 17.2 Å². The van der Waals surface area contributed by atoms with Gasteiger partial charge >= 0.3 is 0 Å². The van der Waals surface area contributed by atoms with Crippen molar-refractivity contribution in [2.45, 2.75) is 19.8 Å². The summed E-state index contributed by atoms with van der Waals surface area (Å²) in [5.41, 5.74) is 2.87. The third-order valence-corrected chi connectivity index (χ3v) is 5.21. The molecule has 1 N–H and O–H groups in total. The van der Waals surface area contributed by atoms with Crippen LogP contribution in [0.2, 0.25) is 0 Å². The first-order chi connectivity index (χ1) is 13.6. The lowest BCUT2D eigenvalue weighted by atomic mass is 10.2. The number of benzene rings is 1. The molecule has 0 aliphatic carbocycles. The minimum Gasteiger partial charge on any atom is -0.369 e. The van der Waals surface area contributed by atoms with Crippen molar-refractivity contribution < 1.29 is 4.79 Å². The summed E-state index contributed by atoms with van der Waals surface area (Å²) in [5, 5.41) is 3.31. The fraction of sp³-hybridized carbons (Fsp3) is 0.455. The fourth-order valence-corrected chi connectivity index (χ4v) is 3.32. The van der Waals surface area contributed by atoms with Crippen LogP contribution >= 0.6 is 0 Å². The molecular formula is C22H31N5O. The molecule has 3 rings (SSSR count). The molecule has 2 aromatic rings. The molecule has 0 bridgehead atoms. The van der Waals surface area contributed by atoms with Crippen molar-refractivity contribution in [3.8, 4) is 0 Å². The molecule has 1 saturated heterocycles. The molecule has 0 atom stereocenters. The Bertz CT molecular complexity index is 769. The standard InChI is InChI=1S/C22H31N5O/c1-4-5-12-26(3)22(28)18-10-11-23-21(17-18)24-19-6-8-20(9-7-19)27-15-13-25(2)14-16-27/h6-11,17H,4-5,12-16H2,1-3H3,(H,23,24). The van der Waals surface area contributed by atoms with Crippen LogP contribution in [0.4, 0.5) is 17.2 Å². The molecule has 150 valence electrons. The van der Waals surface area contributed by atoms with Crippen LogP contribution in [0.3, 0.4) is 0 Å². The lowest BCUT2D eigenvalue weighted by Gasteiger charge is -2.34. The highest BCUT2D eigenvalue weighted by atomic mass is 16.2. The predicted molar refractivity (Wildman–Crippen MR) is 116 cm³/mol. The van der Waals surface area contributed by atoms with E-state index in [4.69, 9.17) is 0 Å². The quantitative estimate of drug-likeness (QED) is 0.796. The Hall–Kier alpha value is -2.60. The molecule has 2 heterocycles. The molecule has 0 radical (unpaired) electrons. The van der Waals surface area contributed by atoms with Crippen molar-refractivity contribution in [3.05, 3.63) is 48.2 Å². The molecule has 0 unspecified atom stereocenters. The van der Waals surface area contributed by atoms with Crippen molar-refractivity contribution >= 4 is 23.1 Å². The van der Waals surface area contributed by atoms with Crippen molar-refractivity contribution in [1.29, 1.82) is 0 Å². The Labute approximate surface area is 168 Å². The number of anilines is 3. The van der Waals surface area contributed by atoms with E-state index in [1.807, 2.05) is 13.1 Å². The van der Waals surface area contributed by atoms with Crippen LogP contribution in [-0.2, 0) is 0 Å². The first-order valence-electron chi connectivity index (χ1n) is 10.1. The molecule has 6 nitrogen and oxygen atoms in total. The summed E-state index contributed by atoms with van der Waals surface area (Å²) in [6.07, 6.45) is 3.77. The van der Waals surface area contributed by atoms with E-state index < -0.39 is 0 Å². The van der Waals surface area contributed by atoms with Crippen molar-refractivity contribution in [3.63, 3.8) is 0 Å². The number of carbonyl (C=O) groups excluding carboxylic acids is 1. The molecule has 1 aromatic heterocycles. The number of hydrogen-bond acceptors (Lipinski definition) is 5. The molecule has 1 aliphatic rings. The van der Waals surface area contributed by atoms with Gasteiger partial charge in [-0.2, -0.15) is 0 Å². The summed E-state index contributed by atoms with van der Waals surface area (Å²) >= 11 is 0. The molecule has 1 amide bonds. The number of nitrogens with one attached hydrogen (secondary N) is 1. The monoisotopic (exact) mass is 381 g/mol. The summed E-state index contributed by atoms with van der Waals surface area (Å²) in [5.74, 6) is 0.714. The number of aromatic nitrogens is 1. The second-order valence-corrected chi connectivity index (χ2v) is 7.47. The van der Waals surface area contributed by atoms with Gasteiger partial charge in [0.15, 0.2) is 0 Å². The van der Waals surface area contributed by atoms with Gasteiger partial charge in [-0.25, -0.2) is 4.98 Å². The van der Waals surface area contributed by atoms with Gasteiger partial charge in [-0.05, 0) is 49.9 Å².